The van der Waals surface area contributed by atoms with Crippen molar-refractivity contribution in [3.05, 3.63) is 12.2 Å². The molecule has 0 aromatic rings. The van der Waals surface area contributed by atoms with Gasteiger partial charge in [-0.25, -0.2) is 0 Å². The molecule has 1 unspecified atom stereocenters. The van der Waals surface area contributed by atoms with E-state index in [-0.39, 0.29) is 0 Å². The summed E-state index contributed by atoms with van der Waals surface area (Å²) in [6.45, 7) is 6.03. The minimum atomic E-state index is 0.485. The van der Waals surface area contributed by atoms with Crippen LogP contribution in [0.15, 0.2) is 12.2 Å². The summed E-state index contributed by atoms with van der Waals surface area (Å²) in [4.78, 5) is 0. The lowest BCUT2D eigenvalue weighted by Gasteiger charge is -2.24. The van der Waals surface area contributed by atoms with E-state index in [1.54, 1.807) is 0 Å². The molecule has 0 spiro atoms. The van der Waals surface area contributed by atoms with E-state index >= 15 is 0 Å². The molecule has 0 saturated heterocycles. The molecule has 1 rings (SSSR count). The van der Waals surface area contributed by atoms with Gasteiger partial charge in [0.25, 0.3) is 0 Å². The van der Waals surface area contributed by atoms with E-state index in [4.69, 9.17) is 5.84 Å². The Hall–Kier alpha value is -0.340. The molecule has 1 fully saturated rings. The van der Waals surface area contributed by atoms with Crippen LogP contribution in [-0.2, 0) is 0 Å². The predicted octanol–water partition coefficient (Wildman–Crippen LogP) is 3.54. The van der Waals surface area contributed by atoms with E-state index in [9.17, 15) is 0 Å². The van der Waals surface area contributed by atoms with Crippen LogP contribution in [0.4, 0.5) is 0 Å². The van der Waals surface area contributed by atoms with Gasteiger partial charge in [0.2, 0.25) is 0 Å². The lowest BCUT2D eigenvalue weighted by Crippen LogP contribution is -2.35. The van der Waals surface area contributed by atoms with Gasteiger partial charge in [-0.05, 0) is 38.5 Å². The summed E-state index contributed by atoms with van der Waals surface area (Å²) in [5.41, 5.74) is 4.22. The first-order valence-corrected chi connectivity index (χ1v) is 6.83. The Labute approximate surface area is 101 Å². The summed E-state index contributed by atoms with van der Waals surface area (Å²) in [5.74, 6) is 6.56. The zero-order valence-electron chi connectivity index (χ0n) is 10.8. The van der Waals surface area contributed by atoms with Crippen molar-refractivity contribution >= 4 is 0 Å². The number of allylic oxidation sites excluding steroid dienone is 1. The van der Waals surface area contributed by atoms with Crippen LogP contribution in [0.5, 0.6) is 0 Å². The van der Waals surface area contributed by atoms with Gasteiger partial charge >= 0.3 is 0 Å². The van der Waals surface area contributed by atoms with Crippen molar-refractivity contribution in [3.8, 4) is 0 Å². The van der Waals surface area contributed by atoms with Gasteiger partial charge in [0.15, 0.2) is 0 Å². The number of hydrazine groups is 1. The SMILES string of the molecule is C=C(C)CCC(CCC1CCCCC1)NN. The Kier molecular flexibility index (Phi) is 6.74. The highest BCUT2D eigenvalue weighted by Gasteiger charge is 2.15. The molecule has 1 aliphatic rings. The molecule has 1 atom stereocenters. The summed E-state index contributed by atoms with van der Waals surface area (Å²) in [7, 11) is 0. The van der Waals surface area contributed by atoms with Crippen LogP contribution in [0.2, 0.25) is 0 Å². The second kappa shape index (κ2) is 7.86. The maximum absolute atomic E-state index is 5.59. The fourth-order valence-electron chi connectivity index (χ4n) is 2.64. The van der Waals surface area contributed by atoms with E-state index in [2.05, 4.69) is 18.9 Å². The highest BCUT2D eigenvalue weighted by Crippen LogP contribution is 2.28. The third-order valence-corrected chi connectivity index (χ3v) is 3.80. The molecule has 0 radical (unpaired) electrons. The van der Waals surface area contributed by atoms with Crippen LogP contribution < -0.4 is 11.3 Å². The van der Waals surface area contributed by atoms with Gasteiger partial charge in [-0.3, -0.25) is 11.3 Å². The van der Waals surface area contributed by atoms with Crippen molar-refractivity contribution in [1.29, 1.82) is 0 Å². The average molecular weight is 224 g/mol. The van der Waals surface area contributed by atoms with Gasteiger partial charge in [0.05, 0.1) is 0 Å². The van der Waals surface area contributed by atoms with Gasteiger partial charge in [0, 0.05) is 6.04 Å². The van der Waals surface area contributed by atoms with Crippen LogP contribution in [0.25, 0.3) is 0 Å². The minimum Gasteiger partial charge on any atom is -0.271 e. The molecule has 0 heterocycles. The molecule has 16 heavy (non-hydrogen) atoms. The molecule has 0 amide bonds. The van der Waals surface area contributed by atoms with Gasteiger partial charge in [-0.2, -0.15) is 0 Å². The minimum absolute atomic E-state index is 0.485. The van der Waals surface area contributed by atoms with Gasteiger partial charge in [-0.1, -0.05) is 37.7 Å². The second-order valence-electron chi connectivity index (χ2n) is 5.44. The van der Waals surface area contributed by atoms with Crippen LogP contribution in [0, 0.1) is 5.92 Å². The summed E-state index contributed by atoms with van der Waals surface area (Å²) in [6.07, 6.45) is 12.0. The smallest absolute Gasteiger partial charge is 0.0213 e. The summed E-state index contributed by atoms with van der Waals surface area (Å²) < 4.78 is 0. The van der Waals surface area contributed by atoms with Crippen LogP contribution in [-0.4, -0.2) is 6.04 Å². The Morgan fingerprint density at radius 3 is 2.56 bits per heavy atom. The van der Waals surface area contributed by atoms with Crippen molar-refractivity contribution < 1.29 is 0 Å². The molecule has 1 aliphatic carbocycles. The zero-order chi connectivity index (χ0) is 11.8. The summed E-state index contributed by atoms with van der Waals surface area (Å²) in [6, 6.07) is 0.485. The molecule has 0 aliphatic heterocycles. The zero-order valence-corrected chi connectivity index (χ0v) is 10.8. The molecule has 2 heteroatoms. The predicted molar refractivity (Wildman–Crippen MR) is 71.0 cm³/mol. The molecule has 94 valence electrons. The van der Waals surface area contributed by atoms with Crippen LogP contribution in [0.1, 0.15) is 64.7 Å². The van der Waals surface area contributed by atoms with Gasteiger partial charge < -0.3 is 0 Å². The van der Waals surface area contributed by atoms with E-state index in [1.807, 2.05) is 0 Å². The van der Waals surface area contributed by atoms with Crippen molar-refractivity contribution in [2.45, 2.75) is 70.8 Å². The first-order valence-electron chi connectivity index (χ1n) is 6.83. The summed E-state index contributed by atoms with van der Waals surface area (Å²) >= 11 is 0. The number of hydrogen-bond acceptors (Lipinski definition) is 2. The number of rotatable bonds is 7. The number of hydrogen-bond donors (Lipinski definition) is 2. The molecular formula is C14H28N2. The largest absolute Gasteiger partial charge is 0.271 e. The monoisotopic (exact) mass is 224 g/mol. The normalized spacial score (nSPS) is 19.6. The Morgan fingerprint density at radius 1 is 1.31 bits per heavy atom. The van der Waals surface area contributed by atoms with E-state index in [0.717, 1.165) is 18.8 Å². The third-order valence-electron chi connectivity index (χ3n) is 3.80. The Bertz CT molecular complexity index is 195. The molecule has 2 nitrogen and oxygen atoms in total. The molecule has 0 aromatic carbocycles. The Balaban J connectivity index is 2.14. The average Bonchev–Trinajstić information content (AvgIpc) is 2.30. The lowest BCUT2D eigenvalue weighted by molar-refractivity contribution is 0.309. The van der Waals surface area contributed by atoms with Gasteiger partial charge in [0.1, 0.15) is 0 Å². The molecule has 0 aromatic heterocycles. The molecule has 1 saturated carbocycles. The fraction of sp³-hybridized carbons (Fsp3) is 0.857. The van der Waals surface area contributed by atoms with E-state index in [1.165, 1.54) is 50.5 Å². The van der Waals surface area contributed by atoms with Crippen molar-refractivity contribution in [1.82, 2.24) is 5.43 Å². The maximum Gasteiger partial charge on any atom is 0.0213 e. The first kappa shape index (κ1) is 13.7. The first-order chi connectivity index (χ1) is 7.72. The Morgan fingerprint density at radius 2 is 2.00 bits per heavy atom. The molecule has 0 bridgehead atoms. The quantitative estimate of drug-likeness (QED) is 0.394. The van der Waals surface area contributed by atoms with Crippen LogP contribution in [0.3, 0.4) is 0 Å². The van der Waals surface area contributed by atoms with Gasteiger partial charge in [-0.15, -0.1) is 6.58 Å². The molecule has 3 N–H and O–H groups in total. The number of nitrogens with two attached hydrogens (primary N) is 1. The number of nitrogens with one attached hydrogen (secondary N) is 1. The fourth-order valence-corrected chi connectivity index (χ4v) is 2.64. The topological polar surface area (TPSA) is 38.0 Å². The lowest BCUT2D eigenvalue weighted by atomic mass is 9.85. The summed E-state index contributed by atoms with van der Waals surface area (Å²) in [5, 5.41) is 0. The van der Waals surface area contributed by atoms with E-state index < -0.39 is 0 Å². The highest BCUT2D eigenvalue weighted by molar-refractivity contribution is 4.89. The molecular weight excluding hydrogens is 196 g/mol. The van der Waals surface area contributed by atoms with E-state index in [0.29, 0.717) is 6.04 Å². The standard InChI is InChI=1S/C14H28N2/c1-12(2)8-10-14(16-15)11-9-13-6-4-3-5-7-13/h13-14,16H,1,3-11,15H2,2H3. The van der Waals surface area contributed by atoms with Crippen molar-refractivity contribution in [3.63, 3.8) is 0 Å². The third kappa shape index (κ3) is 5.66. The second-order valence-corrected chi connectivity index (χ2v) is 5.44. The highest BCUT2D eigenvalue weighted by atomic mass is 15.2. The van der Waals surface area contributed by atoms with Crippen molar-refractivity contribution in [2.75, 3.05) is 0 Å². The van der Waals surface area contributed by atoms with Crippen LogP contribution >= 0.6 is 0 Å². The van der Waals surface area contributed by atoms with Crippen molar-refractivity contribution in [2.24, 2.45) is 11.8 Å². The maximum atomic E-state index is 5.59.